The maximum absolute atomic E-state index is 10.2. The van der Waals surface area contributed by atoms with E-state index in [1.165, 1.54) is 21.5 Å². The largest absolute Gasteiger partial charge is 0.456 e. The molecule has 3 heterocycles. The van der Waals surface area contributed by atoms with E-state index < -0.39 is 0 Å². The lowest BCUT2D eigenvalue weighted by molar-refractivity contribution is 0.669. The third-order valence-corrected chi connectivity index (χ3v) is 9.49. The van der Waals surface area contributed by atoms with Gasteiger partial charge in [0.25, 0.3) is 0 Å². The highest BCUT2D eigenvalue weighted by Crippen LogP contribution is 2.39. The number of rotatable bonds is 3. The fourth-order valence-electron chi connectivity index (χ4n) is 7.46. The molecule has 3 aromatic heterocycles. The van der Waals surface area contributed by atoms with E-state index in [9.17, 15) is 5.26 Å². The smallest absolute Gasteiger partial charge is 0.137 e. The molecule has 10 rings (SSSR count). The first-order valence-corrected chi connectivity index (χ1v) is 15.7. The van der Waals surface area contributed by atoms with Gasteiger partial charge in [0.1, 0.15) is 11.2 Å². The molecule has 0 bridgehead atoms. The SMILES string of the molecule is N#Cc1cc(-c2cccc(-n3c4ccccc4c4cc5c(cc43)oc3ccccc35)c2)cc(-n2c3ccccc3c3ccccc32)c1. The fraction of sp³-hybridized carbons (Fsp3) is 0. The van der Waals surface area contributed by atoms with Crippen molar-refractivity contribution in [3.05, 3.63) is 157 Å². The van der Waals surface area contributed by atoms with E-state index in [4.69, 9.17) is 4.42 Å². The molecule has 0 amide bonds. The van der Waals surface area contributed by atoms with Gasteiger partial charge in [-0.1, -0.05) is 84.9 Å². The molecule has 0 radical (unpaired) electrons. The Hall–Kier alpha value is -6.57. The van der Waals surface area contributed by atoms with Gasteiger partial charge >= 0.3 is 0 Å². The van der Waals surface area contributed by atoms with Crippen molar-refractivity contribution in [3.63, 3.8) is 0 Å². The van der Waals surface area contributed by atoms with Crippen molar-refractivity contribution < 1.29 is 4.42 Å². The molecule has 218 valence electrons. The van der Waals surface area contributed by atoms with E-state index in [1.807, 2.05) is 24.3 Å². The van der Waals surface area contributed by atoms with Gasteiger partial charge in [-0.25, -0.2) is 0 Å². The van der Waals surface area contributed by atoms with Crippen LogP contribution in [-0.4, -0.2) is 9.13 Å². The van der Waals surface area contributed by atoms with Crippen molar-refractivity contribution in [1.82, 2.24) is 9.13 Å². The van der Waals surface area contributed by atoms with Crippen molar-refractivity contribution >= 4 is 65.6 Å². The number of aromatic nitrogens is 2. The van der Waals surface area contributed by atoms with E-state index in [1.54, 1.807) is 0 Å². The third-order valence-electron chi connectivity index (χ3n) is 9.49. The van der Waals surface area contributed by atoms with E-state index in [2.05, 4.69) is 143 Å². The Kier molecular flexibility index (Phi) is 5.32. The molecule has 7 aromatic carbocycles. The molecule has 0 aliphatic carbocycles. The molecule has 4 nitrogen and oxygen atoms in total. The summed E-state index contributed by atoms with van der Waals surface area (Å²) in [6, 6.07) is 55.4. The third kappa shape index (κ3) is 3.75. The van der Waals surface area contributed by atoms with Crippen molar-refractivity contribution in [2.45, 2.75) is 0 Å². The van der Waals surface area contributed by atoms with Crippen molar-refractivity contribution in [1.29, 1.82) is 5.26 Å². The minimum Gasteiger partial charge on any atom is -0.456 e. The molecule has 10 aromatic rings. The van der Waals surface area contributed by atoms with Crippen LogP contribution < -0.4 is 0 Å². The second kappa shape index (κ2) is 9.71. The van der Waals surface area contributed by atoms with Crippen LogP contribution in [0.3, 0.4) is 0 Å². The van der Waals surface area contributed by atoms with Crippen LogP contribution in [0.5, 0.6) is 0 Å². The number of nitrogens with zero attached hydrogens (tertiary/aromatic N) is 3. The standard InChI is InChI=1S/C43H25N3O/c44-26-27-20-29(23-31(21-27)46-38-16-5-1-12-32(38)33-13-2-6-17-39(33)46)28-10-9-11-30(22-28)45-40-18-7-3-14-34(40)36-24-37-35-15-4-8-19-42(35)47-43(37)25-41(36)45/h1-25H. The quantitative estimate of drug-likeness (QED) is 0.203. The zero-order valence-electron chi connectivity index (χ0n) is 25.2. The summed E-state index contributed by atoms with van der Waals surface area (Å²) >= 11 is 0. The Balaban J connectivity index is 1.20. The number of para-hydroxylation sites is 4. The van der Waals surface area contributed by atoms with Gasteiger partial charge in [-0.2, -0.15) is 5.26 Å². The first kappa shape index (κ1) is 25.7. The van der Waals surface area contributed by atoms with Crippen LogP contribution in [0.4, 0.5) is 0 Å². The van der Waals surface area contributed by atoms with E-state index >= 15 is 0 Å². The first-order valence-electron chi connectivity index (χ1n) is 15.7. The summed E-state index contributed by atoms with van der Waals surface area (Å²) in [5, 5.41) is 17.2. The maximum atomic E-state index is 10.2. The Morgan fingerprint density at radius 1 is 0.404 bits per heavy atom. The molecule has 0 N–H and O–H groups in total. The van der Waals surface area contributed by atoms with Crippen LogP contribution in [0.1, 0.15) is 5.56 Å². The second-order valence-electron chi connectivity index (χ2n) is 12.1. The van der Waals surface area contributed by atoms with Crippen molar-refractivity contribution in [2.24, 2.45) is 0 Å². The first-order chi connectivity index (χ1) is 23.2. The summed E-state index contributed by atoms with van der Waals surface area (Å²) < 4.78 is 10.9. The Bertz CT molecular complexity index is 2880. The van der Waals surface area contributed by atoms with Crippen molar-refractivity contribution in [2.75, 3.05) is 0 Å². The van der Waals surface area contributed by atoms with Crippen LogP contribution in [0.2, 0.25) is 0 Å². The van der Waals surface area contributed by atoms with Crippen LogP contribution >= 0.6 is 0 Å². The minimum absolute atomic E-state index is 0.619. The maximum Gasteiger partial charge on any atom is 0.137 e. The summed E-state index contributed by atoms with van der Waals surface area (Å²) in [5.41, 5.74) is 10.9. The van der Waals surface area contributed by atoms with Crippen molar-refractivity contribution in [3.8, 4) is 28.6 Å². The summed E-state index contributed by atoms with van der Waals surface area (Å²) in [5.74, 6) is 0. The van der Waals surface area contributed by atoms with E-state index in [0.717, 1.165) is 66.5 Å². The molecule has 0 atom stereocenters. The van der Waals surface area contributed by atoms with Gasteiger partial charge < -0.3 is 13.6 Å². The van der Waals surface area contributed by atoms with E-state index in [0.29, 0.717) is 5.56 Å². The molecule has 0 aliphatic heterocycles. The van der Waals surface area contributed by atoms with Gasteiger partial charge in [0.2, 0.25) is 0 Å². The summed E-state index contributed by atoms with van der Waals surface area (Å²) in [6.45, 7) is 0. The predicted octanol–water partition coefficient (Wildman–Crippen LogP) is 11.3. The van der Waals surface area contributed by atoms with Gasteiger partial charge in [0.15, 0.2) is 0 Å². The average Bonchev–Trinajstić information content (AvgIpc) is 3.77. The fourth-order valence-corrected chi connectivity index (χ4v) is 7.46. The summed E-state index contributed by atoms with van der Waals surface area (Å²) in [6.07, 6.45) is 0. The molecule has 0 aliphatic rings. The highest BCUT2D eigenvalue weighted by molar-refractivity contribution is 6.17. The number of furan rings is 1. The second-order valence-corrected chi connectivity index (χ2v) is 12.1. The molecule has 0 spiro atoms. The molecule has 47 heavy (non-hydrogen) atoms. The van der Waals surface area contributed by atoms with Crippen LogP contribution in [-0.2, 0) is 0 Å². The monoisotopic (exact) mass is 599 g/mol. The molecule has 0 unspecified atom stereocenters. The number of benzene rings is 7. The molecular weight excluding hydrogens is 574 g/mol. The predicted molar refractivity (Wildman–Crippen MR) is 193 cm³/mol. The Labute approximate surface area is 269 Å². The average molecular weight is 600 g/mol. The highest BCUT2D eigenvalue weighted by Gasteiger charge is 2.18. The number of fused-ring (bicyclic) bond motifs is 9. The zero-order valence-corrected chi connectivity index (χ0v) is 25.2. The molecule has 0 fully saturated rings. The Morgan fingerprint density at radius 2 is 1.00 bits per heavy atom. The van der Waals surface area contributed by atoms with Crippen LogP contribution in [0.15, 0.2) is 156 Å². The minimum atomic E-state index is 0.619. The van der Waals surface area contributed by atoms with E-state index in [-0.39, 0.29) is 0 Å². The number of hydrogen-bond donors (Lipinski definition) is 0. The van der Waals surface area contributed by atoms with Gasteiger partial charge in [0, 0.05) is 49.8 Å². The van der Waals surface area contributed by atoms with Gasteiger partial charge in [-0.15, -0.1) is 0 Å². The molecule has 4 heteroatoms. The lowest BCUT2D eigenvalue weighted by Crippen LogP contribution is -1.97. The van der Waals surface area contributed by atoms with Gasteiger partial charge in [0.05, 0.1) is 33.7 Å². The van der Waals surface area contributed by atoms with Gasteiger partial charge in [-0.05, 0) is 71.8 Å². The lowest BCUT2D eigenvalue weighted by atomic mass is 10.0. The highest BCUT2D eigenvalue weighted by atomic mass is 16.3. The van der Waals surface area contributed by atoms with Gasteiger partial charge in [-0.3, -0.25) is 0 Å². The molecular formula is C43H25N3O. The molecule has 0 saturated carbocycles. The molecule has 0 saturated heterocycles. The van der Waals surface area contributed by atoms with Crippen LogP contribution in [0.25, 0.3) is 88.1 Å². The zero-order chi connectivity index (χ0) is 31.1. The lowest BCUT2D eigenvalue weighted by Gasteiger charge is -2.13. The Morgan fingerprint density at radius 3 is 1.70 bits per heavy atom. The summed E-state index contributed by atoms with van der Waals surface area (Å²) in [7, 11) is 0. The normalized spacial score (nSPS) is 11.8. The number of hydrogen-bond acceptors (Lipinski definition) is 2. The number of nitriles is 1. The van der Waals surface area contributed by atoms with Crippen LogP contribution in [0, 0.1) is 11.3 Å². The summed E-state index contributed by atoms with van der Waals surface area (Å²) in [4.78, 5) is 0. The topological polar surface area (TPSA) is 46.8 Å².